The zero-order valence-electron chi connectivity index (χ0n) is 12.3. The standard InChI is InChI=1S/C15H22N2O2S2/c1-2-9-17(10-12-3-4-12)21(18,19)11-13-5-7-14(8-6-13)15(16)20/h5-8,12H,2-4,9-11H2,1H3,(H2,16,20). The van der Waals surface area contributed by atoms with E-state index in [0.29, 0.717) is 24.0 Å². The van der Waals surface area contributed by atoms with Gasteiger partial charge >= 0.3 is 0 Å². The predicted octanol–water partition coefficient (Wildman–Crippen LogP) is 2.27. The molecule has 0 spiro atoms. The molecule has 6 heteroatoms. The summed E-state index contributed by atoms with van der Waals surface area (Å²) in [5, 5.41) is 0. The minimum absolute atomic E-state index is 0.0390. The van der Waals surface area contributed by atoms with Gasteiger partial charge in [-0.3, -0.25) is 0 Å². The number of thiocarbonyl (C=S) groups is 1. The Balaban J connectivity index is 2.08. The Hall–Kier alpha value is -0.980. The first kappa shape index (κ1) is 16.4. The van der Waals surface area contributed by atoms with Gasteiger partial charge in [0, 0.05) is 18.7 Å². The fourth-order valence-electron chi connectivity index (χ4n) is 2.25. The third kappa shape index (κ3) is 4.76. The molecular weight excluding hydrogens is 304 g/mol. The molecule has 1 saturated carbocycles. The van der Waals surface area contributed by atoms with Gasteiger partial charge in [-0.1, -0.05) is 43.4 Å². The molecule has 0 atom stereocenters. The number of sulfonamides is 1. The highest BCUT2D eigenvalue weighted by Crippen LogP contribution is 2.31. The number of rotatable bonds is 8. The summed E-state index contributed by atoms with van der Waals surface area (Å²) in [5.41, 5.74) is 7.07. The third-order valence-corrected chi connectivity index (χ3v) is 5.66. The molecule has 21 heavy (non-hydrogen) atoms. The summed E-state index contributed by atoms with van der Waals surface area (Å²) in [6.07, 6.45) is 3.14. The lowest BCUT2D eigenvalue weighted by Gasteiger charge is -2.21. The normalized spacial score (nSPS) is 15.3. The summed E-state index contributed by atoms with van der Waals surface area (Å²) in [6.45, 7) is 3.28. The first-order valence-electron chi connectivity index (χ1n) is 7.29. The van der Waals surface area contributed by atoms with Gasteiger partial charge in [0.1, 0.15) is 4.99 Å². The van der Waals surface area contributed by atoms with Crippen molar-refractivity contribution in [3.05, 3.63) is 35.4 Å². The highest BCUT2D eigenvalue weighted by molar-refractivity contribution is 7.88. The smallest absolute Gasteiger partial charge is 0.218 e. The van der Waals surface area contributed by atoms with Crippen molar-refractivity contribution in [1.29, 1.82) is 0 Å². The Morgan fingerprint density at radius 2 is 1.95 bits per heavy atom. The lowest BCUT2D eigenvalue weighted by Crippen LogP contribution is -2.34. The van der Waals surface area contributed by atoms with Crippen molar-refractivity contribution in [2.75, 3.05) is 13.1 Å². The molecule has 0 radical (unpaired) electrons. The monoisotopic (exact) mass is 326 g/mol. The van der Waals surface area contributed by atoms with E-state index in [-0.39, 0.29) is 5.75 Å². The SMILES string of the molecule is CCCN(CC1CC1)S(=O)(=O)Cc1ccc(C(N)=S)cc1. The van der Waals surface area contributed by atoms with E-state index in [2.05, 4.69) is 0 Å². The molecule has 1 aromatic rings. The molecule has 0 amide bonds. The Kier molecular flexibility index (Phi) is 5.35. The fraction of sp³-hybridized carbons (Fsp3) is 0.533. The average Bonchev–Trinajstić information content (AvgIpc) is 3.22. The van der Waals surface area contributed by atoms with E-state index < -0.39 is 10.0 Å². The maximum atomic E-state index is 12.5. The van der Waals surface area contributed by atoms with Gasteiger partial charge in [0.25, 0.3) is 0 Å². The maximum Gasteiger partial charge on any atom is 0.218 e. The zero-order valence-corrected chi connectivity index (χ0v) is 13.9. The summed E-state index contributed by atoms with van der Waals surface area (Å²) < 4.78 is 26.7. The van der Waals surface area contributed by atoms with Crippen LogP contribution < -0.4 is 5.73 Å². The highest BCUT2D eigenvalue weighted by atomic mass is 32.2. The summed E-state index contributed by atoms with van der Waals surface area (Å²) in [4.78, 5) is 0.325. The highest BCUT2D eigenvalue weighted by Gasteiger charge is 2.30. The van der Waals surface area contributed by atoms with E-state index in [1.807, 2.05) is 6.92 Å². The largest absolute Gasteiger partial charge is 0.389 e. The zero-order chi connectivity index (χ0) is 15.5. The van der Waals surface area contributed by atoms with Crippen LogP contribution in [0.1, 0.15) is 37.3 Å². The number of benzene rings is 1. The summed E-state index contributed by atoms with van der Waals surface area (Å²) in [6, 6.07) is 7.12. The average molecular weight is 326 g/mol. The van der Waals surface area contributed by atoms with E-state index in [1.165, 1.54) is 0 Å². The van der Waals surface area contributed by atoms with Crippen molar-refractivity contribution in [2.45, 2.75) is 31.9 Å². The molecule has 1 aromatic carbocycles. The molecule has 1 aliphatic carbocycles. The van der Waals surface area contributed by atoms with Crippen LogP contribution in [0.4, 0.5) is 0 Å². The second-order valence-electron chi connectivity index (χ2n) is 5.62. The Labute approximate surface area is 132 Å². The molecule has 0 aliphatic heterocycles. The van der Waals surface area contributed by atoms with Crippen LogP contribution in [-0.2, 0) is 15.8 Å². The minimum Gasteiger partial charge on any atom is -0.389 e. The van der Waals surface area contributed by atoms with Crippen molar-refractivity contribution >= 4 is 27.2 Å². The van der Waals surface area contributed by atoms with Crippen LogP contribution in [0.3, 0.4) is 0 Å². The maximum absolute atomic E-state index is 12.5. The molecule has 0 saturated heterocycles. The fourth-order valence-corrected chi connectivity index (χ4v) is 4.08. The Bertz CT molecular complexity index is 593. The number of hydrogen-bond acceptors (Lipinski definition) is 3. The van der Waals surface area contributed by atoms with E-state index in [9.17, 15) is 8.42 Å². The second-order valence-corrected chi connectivity index (χ2v) is 8.03. The summed E-state index contributed by atoms with van der Waals surface area (Å²) in [7, 11) is -3.26. The van der Waals surface area contributed by atoms with Crippen LogP contribution in [0.15, 0.2) is 24.3 Å². The van der Waals surface area contributed by atoms with Crippen LogP contribution in [0, 0.1) is 5.92 Å². The van der Waals surface area contributed by atoms with Gasteiger partial charge in [0.15, 0.2) is 0 Å². The molecular formula is C15H22N2O2S2. The lowest BCUT2D eigenvalue weighted by atomic mass is 10.1. The molecule has 0 heterocycles. The van der Waals surface area contributed by atoms with Gasteiger partial charge in [-0.15, -0.1) is 0 Å². The molecule has 0 unspecified atom stereocenters. The van der Waals surface area contributed by atoms with Crippen LogP contribution >= 0.6 is 12.2 Å². The molecule has 0 aromatic heterocycles. The third-order valence-electron chi connectivity index (χ3n) is 3.61. The molecule has 2 rings (SSSR count). The van der Waals surface area contributed by atoms with E-state index in [4.69, 9.17) is 18.0 Å². The molecule has 2 N–H and O–H groups in total. The van der Waals surface area contributed by atoms with Gasteiger partial charge in [0.05, 0.1) is 5.75 Å². The van der Waals surface area contributed by atoms with Crippen LogP contribution in [-0.4, -0.2) is 30.8 Å². The van der Waals surface area contributed by atoms with E-state index in [1.54, 1.807) is 28.6 Å². The Morgan fingerprint density at radius 3 is 2.43 bits per heavy atom. The lowest BCUT2D eigenvalue weighted by molar-refractivity contribution is 0.395. The van der Waals surface area contributed by atoms with Crippen molar-refractivity contribution in [3.8, 4) is 0 Å². The predicted molar refractivity (Wildman–Crippen MR) is 89.5 cm³/mol. The van der Waals surface area contributed by atoms with Gasteiger partial charge in [-0.2, -0.15) is 0 Å². The summed E-state index contributed by atoms with van der Waals surface area (Å²) >= 11 is 4.90. The topological polar surface area (TPSA) is 63.4 Å². The van der Waals surface area contributed by atoms with Crippen LogP contribution in [0.25, 0.3) is 0 Å². The quantitative estimate of drug-likeness (QED) is 0.744. The molecule has 4 nitrogen and oxygen atoms in total. The van der Waals surface area contributed by atoms with Gasteiger partial charge in [-0.25, -0.2) is 12.7 Å². The number of hydrogen-bond donors (Lipinski definition) is 1. The van der Waals surface area contributed by atoms with Gasteiger partial charge in [0.2, 0.25) is 10.0 Å². The number of nitrogens with zero attached hydrogens (tertiary/aromatic N) is 1. The summed E-state index contributed by atoms with van der Waals surface area (Å²) in [5.74, 6) is 0.598. The van der Waals surface area contributed by atoms with E-state index in [0.717, 1.165) is 30.4 Å². The van der Waals surface area contributed by atoms with Crippen molar-refractivity contribution in [1.82, 2.24) is 4.31 Å². The first-order chi connectivity index (χ1) is 9.92. The van der Waals surface area contributed by atoms with Crippen LogP contribution in [0.2, 0.25) is 0 Å². The second kappa shape index (κ2) is 6.85. The Morgan fingerprint density at radius 1 is 1.33 bits per heavy atom. The van der Waals surface area contributed by atoms with Crippen LogP contribution in [0.5, 0.6) is 0 Å². The van der Waals surface area contributed by atoms with Crippen molar-refractivity contribution in [2.24, 2.45) is 11.7 Å². The first-order valence-corrected chi connectivity index (χ1v) is 9.30. The van der Waals surface area contributed by atoms with Gasteiger partial charge < -0.3 is 5.73 Å². The van der Waals surface area contributed by atoms with Gasteiger partial charge in [-0.05, 0) is 30.7 Å². The van der Waals surface area contributed by atoms with E-state index >= 15 is 0 Å². The molecule has 0 bridgehead atoms. The molecule has 1 fully saturated rings. The van der Waals surface area contributed by atoms with Crippen molar-refractivity contribution in [3.63, 3.8) is 0 Å². The molecule has 1 aliphatic rings. The van der Waals surface area contributed by atoms with Crippen molar-refractivity contribution < 1.29 is 8.42 Å². The number of nitrogens with two attached hydrogens (primary N) is 1. The molecule has 116 valence electrons. The minimum atomic E-state index is -3.26.